The second-order valence-electron chi connectivity index (χ2n) is 8.00. The molecule has 1 aliphatic carbocycles. The van der Waals surface area contributed by atoms with Crippen LogP contribution in [0.2, 0.25) is 0 Å². The van der Waals surface area contributed by atoms with Gasteiger partial charge in [-0.15, -0.1) is 0 Å². The highest BCUT2D eigenvalue weighted by atomic mass is 16.2. The van der Waals surface area contributed by atoms with Gasteiger partial charge in [0.15, 0.2) is 0 Å². The molecule has 3 amide bonds. The van der Waals surface area contributed by atoms with Gasteiger partial charge >= 0.3 is 6.03 Å². The Hall–Kier alpha value is -2.08. The molecule has 0 radical (unpaired) electrons. The number of rotatable bonds is 5. The van der Waals surface area contributed by atoms with Crippen molar-refractivity contribution in [2.75, 3.05) is 32.7 Å². The lowest BCUT2D eigenvalue weighted by molar-refractivity contribution is -0.135. The minimum Gasteiger partial charge on any atom is -0.378 e. The first-order chi connectivity index (χ1) is 12.3. The summed E-state index contributed by atoms with van der Waals surface area (Å²) in [7, 11) is 5.97. The number of nitrogens with zero attached hydrogens (tertiary/aromatic N) is 3. The molecule has 3 rings (SSSR count). The van der Waals surface area contributed by atoms with Gasteiger partial charge in [0.25, 0.3) is 5.91 Å². The van der Waals surface area contributed by atoms with Gasteiger partial charge in [0.05, 0.1) is 6.67 Å². The van der Waals surface area contributed by atoms with E-state index < -0.39 is 5.54 Å². The van der Waals surface area contributed by atoms with Crippen molar-refractivity contribution >= 4 is 17.6 Å². The van der Waals surface area contributed by atoms with E-state index >= 15 is 0 Å². The van der Waals surface area contributed by atoms with Crippen LogP contribution in [-0.4, -0.2) is 55.1 Å². The van der Waals surface area contributed by atoms with E-state index in [1.165, 1.54) is 4.90 Å². The smallest absolute Gasteiger partial charge is 0.326 e. The largest absolute Gasteiger partial charge is 0.378 e. The summed E-state index contributed by atoms with van der Waals surface area (Å²) in [4.78, 5) is 30.9. The summed E-state index contributed by atoms with van der Waals surface area (Å²) in [6.45, 7) is 3.08. The summed E-state index contributed by atoms with van der Waals surface area (Å²) in [5.41, 5.74) is 1.63. The average molecular weight is 358 g/mol. The Bertz CT molecular complexity index is 673. The van der Waals surface area contributed by atoms with E-state index in [4.69, 9.17) is 0 Å². The standard InChI is InChI=1S/C20H30N4O2/c1-15-7-5-6-12-20(15)18(25)24(19(26)21-20)14-23(4)13-16-8-10-17(11-9-16)22(2)3/h8-11,15H,5-7,12-14H2,1-4H3,(H,21,26)/t15-,20-/m0/s1. The van der Waals surface area contributed by atoms with Crippen molar-refractivity contribution in [3.8, 4) is 0 Å². The minimum atomic E-state index is -0.677. The van der Waals surface area contributed by atoms with Gasteiger partial charge in [-0.25, -0.2) is 9.69 Å². The third-order valence-corrected chi connectivity index (χ3v) is 5.79. The van der Waals surface area contributed by atoms with Gasteiger partial charge in [0.2, 0.25) is 0 Å². The van der Waals surface area contributed by atoms with Crippen molar-refractivity contribution in [3.63, 3.8) is 0 Å². The molecule has 26 heavy (non-hydrogen) atoms. The summed E-state index contributed by atoms with van der Waals surface area (Å²) in [6, 6.07) is 8.08. The Balaban J connectivity index is 1.64. The lowest BCUT2D eigenvalue weighted by Crippen LogP contribution is -2.54. The summed E-state index contributed by atoms with van der Waals surface area (Å²) in [5.74, 6) is 0.145. The third kappa shape index (κ3) is 3.43. The molecule has 0 aromatic heterocycles. The zero-order chi connectivity index (χ0) is 18.9. The molecule has 1 heterocycles. The number of hydrogen-bond acceptors (Lipinski definition) is 4. The molecule has 6 heteroatoms. The third-order valence-electron chi connectivity index (χ3n) is 5.79. The molecule has 1 saturated carbocycles. The van der Waals surface area contributed by atoms with Crippen molar-refractivity contribution in [2.45, 2.75) is 44.7 Å². The number of imide groups is 1. The first-order valence-corrected chi connectivity index (χ1v) is 9.42. The topological polar surface area (TPSA) is 55.9 Å². The average Bonchev–Trinajstić information content (AvgIpc) is 2.83. The van der Waals surface area contributed by atoms with E-state index in [0.29, 0.717) is 13.2 Å². The van der Waals surface area contributed by atoms with Gasteiger partial charge in [-0.05, 0) is 43.5 Å². The molecule has 1 aromatic rings. The van der Waals surface area contributed by atoms with E-state index in [2.05, 4.69) is 41.4 Å². The van der Waals surface area contributed by atoms with E-state index in [9.17, 15) is 9.59 Å². The maximum absolute atomic E-state index is 13.0. The van der Waals surface area contributed by atoms with Gasteiger partial charge < -0.3 is 10.2 Å². The SMILES string of the molecule is C[C@H]1CCCC[C@]12NC(=O)N(CN(C)Cc1ccc(N(C)C)cc1)C2=O. The van der Waals surface area contributed by atoms with E-state index in [0.717, 1.165) is 36.9 Å². The van der Waals surface area contributed by atoms with Crippen LogP contribution in [0.4, 0.5) is 10.5 Å². The summed E-state index contributed by atoms with van der Waals surface area (Å²) >= 11 is 0. The van der Waals surface area contributed by atoms with Gasteiger partial charge in [-0.2, -0.15) is 0 Å². The normalized spacial score (nSPS) is 25.9. The zero-order valence-corrected chi connectivity index (χ0v) is 16.3. The summed E-state index contributed by atoms with van der Waals surface area (Å²) < 4.78 is 0. The number of urea groups is 1. The van der Waals surface area contributed by atoms with Crippen molar-refractivity contribution in [2.24, 2.45) is 5.92 Å². The number of carbonyl (C=O) groups is 2. The molecule has 1 aromatic carbocycles. The Labute approximate surface area is 156 Å². The van der Waals surface area contributed by atoms with Crippen LogP contribution in [0, 0.1) is 5.92 Å². The van der Waals surface area contributed by atoms with Crippen molar-refractivity contribution in [1.29, 1.82) is 0 Å². The lowest BCUT2D eigenvalue weighted by atomic mass is 9.73. The molecule has 0 bridgehead atoms. The maximum Gasteiger partial charge on any atom is 0.326 e. The number of anilines is 1. The molecule has 1 saturated heterocycles. The van der Waals surface area contributed by atoms with Crippen molar-refractivity contribution in [1.82, 2.24) is 15.1 Å². The molecule has 1 spiro atoms. The quantitative estimate of drug-likeness (QED) is 0.822. The van der Waals surface area contributed by atoms with Gasteiger partial charge in [-0.1, -0.05) is 31.9 Å². The van der Waals surface area contributed by atoms with Gasteiger partial charge in [0.1, 0.15) is 5.54 Å². The Morgan fingerprint density at radius 3 is 2.46 bits per heavy atom. The van der Waals surface area contributed by atoms with Crippen LogP contribution in [0.25, 0.3) is 0 Å². The molecule has 2 fully saturated rings. The first kappa shape index (κ1) is 18.7. The second-order valence-corrected chi connectivity index (χ2v) is 8.00. The lowest BCUT2D eigenvalue weighted by Gasteiger charge is -2.37. The number of hydrogen-bond donors (Lipinski definition) is 1. The highest BCUT2D eigenvalue weighted by molar-refractivity contribution is 6.07. The number of carbonyl (C=O) groups excluding carboxylic acids is 2. The Morgan fingerprint density at radius 2 is 1.85 bits per heavy atom. The van der Waals surface area contributed by atoms with E-state index in [-0.39, 0.29) is 17.9 Å². The highest BCUT2D eigenvalue weighted by Crippen LogP contribution is 2.38. The number of nitrogens with one attached hydrogen (secondary N) is 1. The molecule has 0 unspecified atom stereocenters. The monoisotopic (exact) mass is 358 g/mol. The second kappa shape index (κ2) is 7.27. The molecule has 2 atom stereocenters. The first-order valence-electron chi connectivity index (χ1n) is 9.42. The number of amides is 3. The molecule has 1 N–H and O–H groups in total. The Kier molecular flexibility index (Phi) is 5.23. The van der Waals surface area contributed by atoms with Crippen LogP contribution in [0.1, 0.15) is 38.2 Å². The van der Waals surface area contributed by atoms with Crippen LogP contribution < -0.4 is 10.2 Å². The van der Waals surface area contributed by atoms with Crippen LogP contribution in [0.3, 0.4) is 0 Å². The maximum atomic E-state index is 13.0. The van der Waals surface area contributed by atoms with Crippen LogP contribution in [0.5, 0.6) is 0 Å². The molecule has 2 aliphatic rings. The molecule has 6 nitrogen and oxygen atoms in total. The molecular formula is C20H30N4O2. The summed E-state index contributed by atoms with van der Waals surface area (Å²) in [5, 5.41) is 3.01. The van der Waals surface area contributed by atoms with Crippen LogP contribution >= 0.6 is 0 Å². The fourth-order valence-corrected chi connectivity index (χ4v) is 4.13. The molecular weight excluding hydrogens is 328 g/mol. The molecule has 1 aliphatic heterocycles. The van der Waals surface area contributed by atoms with Crippen molar-refractivity contribution in [3.05, 3.63) is 29.8 Å². The molecule has 142 valence electrons. The van der Waals surface area contributed by atoms with Crippen LogP contribution in [-0.2, 0) is 11.3 Å². The van der Waals surface area contributed by atoms with Gasteiger partial charge in [0, 0.05) is 26.3 Å². The van der Waals surface area contributed by atoms with Crippen molar-refractivity contribution < 1.29 is 9.59 Å². The fourth-order valence-electron chi connectivity index (χ4n) is 4.13. The van der Waals surface area contributed by atoms with Crippen LogP contribution in [0.15, 0.2) is 24.3 Å². The number of benzene rings is 1. The fraction of sp³-hybridized carbons (Fsp3) is 0.600. The minimum absolute atomic E-state index is 0.0514. The van der Waals surface area contributed by atoms with E-state index in [1.54, 1.807) is 0 Å². The summed E-state index contributed by atoms with van der Waals surface area (Å²) in [6.07, 6.45) is 3.88. The predicted molar refractivity (Wildman–Crippen MR) is 103 cm³/mol. The predicted octanol–water partition coefficient (Wildman–Crippen LogP) is 2.64. The van der Waals surface area contributed by atoms with Gasteiger partial charge in [-0.3, -0.25) is 9.69 Å². The van der Waals surface area contributed by atoms with E-state index in [1.807, 2.05) is 26.0 Å². The highest BCUT2D eigenvalue weighted by Gasteiger charge is 2.54. The Morgan fingerprint density at radius 1 is 1.15 bits per heavy atom. The zero-order valence-electron chi connectivity index (χ0n) is 16.3.